The van der Waals surface area contributed by atoms with Crippen molar-refractivity contribution in [3.8, 4) is 22.3 Å². The molecule has 0 radical (unpaired) electrons. The summed E-state index contributed by atoms with van der Waals surface area (Å²) in [5.41, 5.74) is 15.7. The highest BCUT2D eigenvalue weighted by Crippen LogP contribution is 2.55. The quantitative estimate of drug-likeness (QED) is 0.283. The molecule has 0 heterocycles. The van der Waals surface area contributed by atoms with Crippen molar-refractivity contribution in [3.05, 3.63) is 118 Å². The number of fused-ring (bicyclic) bond motifs is 11. The van der Waals surface area contributed by atoms with Crippen LogP contribution in [0, 0.1) is 0 Å². The van der Waals surface area contributed by atoms with E-state index < -0.39 is 0 Å². The van der Waals surface area contributed by atoms with Gasteiger partial charge in [-0.15, -0.1) is 0 Å². The van der Waals surface area contributed by atoms with Crippen LogP contribution in [0.3, 0.4) is 0 Å². The number of allylic oxidation sites excluding steroid dienone is 1. The zero-order chi connectivity index (χ0) is 18.2. The maximum absolute atomic E-state index is 2.48. The summed E-state index contributed by atoms with van der Waals surface area (Å²) in [4.78, 5) is 0. The summed E-state index contributed by atoms with van der Waals surface area (Å²) in [5.74, 6) is 0.363. The summed E-state index contributed by atoms with van der Waals surface area (Å²) in [5, 5.41) is 0. The lowest BCUT2D eigenvalue weighted by Crippen LogP contribution is -2.09. The Kier molecular flexibility index (Phi) is 2.67. The first-order valence-corrected chi connectivity index (χ1v) is 10.0. The Labute approximate surface area is 164 Å². The molecule has 0 spiro atoms. The van der Waals surface area contributed by atoms with Crippen molar-refractivity contribution in [1.82, 2.24) is 0 Å². The van der Waals surface area contributed by atoms with Crippen LogP contribution in [-0.2, 0) is 6.42 Å². The van der Waals surface area contributed by atoms with Crippen LogP contribution in [0.15, 0.2) is 84.9 Å². The molecular weight excluding hydrogens is 336 g/mol. The van der Waals surface area contributed by atoms with E-state index in [9.17, 15) is 0 Å². The standard InChI is InChI=1S/C28H18/c1-3-9-20-17(7-1)13-19-15-25-26(16-24(19)20)22-11-5-6-12-23(22)28-21-10-4-2-8-18(21)14-27(25)28/h1-12,14-16,28H,13H2. The maximum atomic E-state index is 2.48. The first-order valence-electron chi connectivity index (χ1n) is 10.0. The molecule has 0 N–H and O–H groups in total. The minimum atomic E-state index is 0.363. The molecule has 0 aromatic heterocycles. The van der Waals surface area contributed by atoms with Gasteiger partial charge in [0.15, 0.2) is 0 Å². The van der Waals surface area contributed by atoms with Crippen molar-refractivity contribution < 1.29 is 0 Å². The molecule has 4 aromatic carbocycles. The number of hydrogen-bond acceptors (Lipinski definition) is 0. The molecule has 0 fully saturated rings. The second kappa shape index (κ2) is 5.11. The van der Waals surface area contributed by atoms with Crippen LogP contribution in [-0.4, -0.2) is 0 Å². The SMILES string of the molecule is C1=C2c3cc4c(cc3-c3ccccc3C2c2ccccc21)-c1ccccc1C4. The van der Waals surface area contributed by atoms with Gasteiger partial charge in [0.05, 0.1) is 0 Å². The molecule has 130 valence electrons. The molecule has 0 saturated heterocycles. The van der Waals surface area contributed by atoms with Gasteiger partial charge < -0.3 is 0 Å². The number of rotatable bonds is 0. The number of hydrogen-bond donors (Lipinski definition) is 0. The molecule has 0 heteroatoms. The van der Waals surface area contributed by atoms with Crippen LogP contribution in [0.1, 0.15) is 39.3 Å². The molecular formula is C28H18. The van der Waals surface area contributed by atoms with E-state index >= 15 is 0 Å². The average Bonchev–Trinajstić information content (AvgIpc) is 3.31. The number of benzene rings is 4. The van der Waals surface area contributed by atoms with E-state index in [1.165, 1.54) is 61.2 Å². The summed E-state index contributed by atoms with van der Waals surface area (Å²) in [7, 11) is 0. The van der Waals surface area contributed by atoms with E-state index in [0.29, 0.717) is 5.92 Å². The highest BCUT2D eigenvalue weighted by atomic mass is 14.4. The van der Waals surface area contributed by atoms with Gasteiger partial charge in [-0.3, -0.25) is 0 Å². The van der Waals surface area contributed by atoms with Gasteiger partial charge in [-0.05, 0) is 85.8 Å². The minimum Gasteiger partial charge on any atom is -0.0619 e. The molecule has 0 bridgehead atoms. The van der Waals surface area contributed by atoms with Gasteiger partial charge in [0, 0.05) is 5.92 Å². The Bertz CT molecular complexity index is 1340. The monoisotopic (exact) mass is 354 g/mol. The summed E-state index contributed by atoms with van der Waals surface area (Å²) < 4.78 is 0. The van der Waals surface area contributed by atoms with Crippen LogP contribution < -0.4 is 0 Å². The van der Waals surface area contributed by atoms with Gasteiger partial charge in [-0.25, -0.2) is 0 Å². The molecule has 4 aromatic rings. The fraction of sp³-hybridized carbons (Fsp3) is 0.0714. The van der Waals surface area contributed by atoms with Crippen molar-refractivity contribution in [3.63, 3.8) is 0 Å². The minimum absolute atomic E-state index is 0.363. The third-order valence-electron chi connectivity index (χ3n) is 6.73. The van der Waals surface area contributed by atoms with Gasteiger partial charge in [0.2, 0.25) is 0 Å². The summed E-state index contributed by atoms with van der Waals surface area (Å²) in [6.45, 7) is 0. The third kappa shape index (κ3) is 1.75. The van der Waals surface area contributed by atoms with Crippen LogP contribution in [0.2, 0.25) is 0 Å². The summed E-state index contributed by atoms with van der Waals surface area (Å²) >= 11 is 0. The lowest BCUT2D eigenvalue weighted by molar-refractivity contribution is 1.05. The highest BCUT2D eigenvalue weighted by molar-refractivity contribution is 6.03. The molecule has 0 saturated carbocycles. The predicted octanol–water partition coefficient (Wildman–Crippen LogP) is 6.92. The van der Waals surface area contributed by atoms with Crippen molar-refractivity contribution in [2.45, 2.75) is 12.3 Å². The zero-order valence-electron chi connectivity index (χ0n) is 15.4. The van der Waals surface area contributed by atoms with E-state index in [-0.39, 0.29) is 0 Å². The first-order chi connectivity index (χ1) is 13.9. The van der Waals surface area contributed by atoms with Gasteiger partial charge >= 0.3 is 0 Å². The van der Waals surface area contributed by atoms with Crippen LogP contribution in [0.25, 0.3) is 33.9 Å². The molecule has 0 aliphatic heterocycles. The summed E-state index contributed by atoms with van der Waals surface area (Å²) in [6, 6.07) is 31.7. The van der Waals surface area contributed by atoms with Gasteiger partial charge in [0.25, 0.3) is 0 Å². The van der Waals surface area contributed by atoms with Crippen LogP contribution >= 0.6 is 0 Å². The third-order valence-corrected chi connectivity index (χ3v) is 6.73. The lowest BCUT2D eigenvalue weighted by Gasteiger charge is -2.29. The van der Waals surface area contributed by atoms with Crippen molar-refractivity contribution >= 4 is 11.6 Å². The maximum Gasteiger partial charge on any atom is 0.0358 e. The summed E-state index contributed by atoms with van der Waals surface area (Å²) in [6.07, 6.45) is 3.47. The van der Waals surface area contributed by atoms with E-state index in [4.69, 9.17) is 0 Å². The molecule has 0 nitrogen and oxygen atoms in total. The second-order valence-corrected chi connectivity index (χ2v) is 8.14. The molecule has 1 unspecified atom stereocenters. The van der Waals surface area contributed by atoms with E-state index in [0.717, 1.165) is 6.42 Å². The van der Waals surface area contributed by atoms with Crippen LogP contribution in [0.5, 0.6) is 0 Å². The van der Waals surface area contributed by atoms with E-state index in [1.54, 1.807) is 0 Å². The molecule has 3 aliphatic rings. The predicted molar refractivity (Wildman–Crippen MR) is 116 cm³/mol. The van der Waals surface area contributed by atoms with Crippen molar-refractivity contribution in [1.29, 1.82) is 0 Å². The van der Waals surface area contributed by atoms with E-state index in [1.807, 2.05) is 0 Å². The fourth-order valence-corrected chi connectivity index (χ4v) is 5.53. The Morgan fingerprint density at radius 3 is 2.21 bits per heavy atom. The second-order valence-electron chi connectivity index (χ2n) is 8.14. The lowest BCUT2D eigenvalue weighted by atomic mass is 9.74. The molecule has 0 amide bonds. The Balaban J connectivity index is 1.55. The van der Waals surface area contributed by atoms with Gasteiger partial charge in [-0.2, -0.15) is 0 Å². The Morgan fingerprint density at radius 2 is 1.29 bits per heavy atom. The smallest absolute Gasteiger partial charge is 0.0358 e. The molecule has 1 atom stereocenters. The normalized spacial score (nSPS) is 17.0. The van der Waals surface area contributed by atoms with Crippen LogP contribution in [0.4, 0.5) is 0 Å². The Morgan fingerprint density at radius 1 is 0.536 bits per heavy atom. The average molecular weight is 354 g/mol. The van der Waals surface area contributed by atoms with Crippen molar-refractivity contribution in [2.75, 3.05) is 0 Å². The van der Waals surface area contributed by atoms with Gasteiger partial charge in [-0.1, -0.05) is 72.8 Å². The van der Waals surface area contributed by atoms with Gasteiger partial charge in [0.1, 0.15) is 0 Å². The zero-order valence-corrected chi connectivity index (χ0v) is 15.4. The Hall–Kier alpha value is -3.38. The molecule has 7 rings (SSSR count). The first kappa shape index (κ1) is 14.6. The largest absolute Gasteiger partial charge is 0.0619 e. The van der Waals surface area contributed by atoms with Crippen molar-refractivity contribution in [2.24, 2.45) is 0 Å². The topological polar surface area (TPSA) is 0 Å². The van der Waals surface area contributed by atoms with E-state index in [2.05, 4.69) is 91.0 Å². The molecule has 3 aliphatic carbocycles. The fourth-order valence-electron chi connectivity index (χ4n) is 5.53. The molecule has 28 heavy (non-hydrogen) atoms. The highest BCUT2D eigenvalue weighted by Gasteiger charge is 2.35.